The van der Waals surface area contributed by atoms with E-state index in [-0.39, 0.29) is 30.2 Å². The van der Waals surface area contributed by atoms with Crippen LogP contribution >= 0.6 is 0 Å². The maximum Gasteiger partial charge on any atom is 0.287 e. The number of benzene rings is 2. The van der Waals surface area contributed by atoms with Crippen molar-refractivity contribution < 1.29 is 18.7 Å². The fraction of sp³-hybridized carbons (Fsp3) is 0.379. The third-order valence-corrected chi connectivity index (χ3v) is 6.26. The molecule has 0 unspecified atom stereocenters. The quantitative estimate of drug-likeness (QED) is 0.472. The Morgan fingerprint density at radius 3 is 2.71 bits per heavy atom. The molecule has 6 heteroatoms. The van der Waals surface area contributed by atoms with E-state index in [1.54, 1.807) is 12.1 Å². The molecule has 1 aliphatic rings. The van der Waals surface area contributed by atoms with Crippen LogP contribution < -0.4 is 10.1 Å². The first-order valence-electron chi connectivity index (χ1n) is 12.3. The van der Waals surface area contributed by atoms with E-state index in [9.17, 15) is 9.59 Å². The van der Waals surface area contributed by atoms with Crippen LogP contribution in [-0.2, 0) is 17.8 Å². The summed E-state index contributed by atoms with van der Waals surface area (Å²) in [7, 11) is 0. The Kier molecular flexibility index (Phi) is 7.59. The average molecular weight is 475 g/mol. The number of hydrogen-bond donors (Lipinski definition) is 1. The molecule has 1 aromatic heterocycles. The molecule has 184 valence electrons. The van der Waals surface area contributed by atoms with E-state index in [1.165, 1.54) is 5.56 Å². The minimum Gasteiger partial charge on any atom is -0.486 e. The molecule has 4 rings (SSSR count). The van der Waals surface area contributed by atoms with Crippen LogP contribution in [0.25, 0.3) is 0 Å². The monoisotopic (exact) mass is 474 g/mol. The van der Waals surface area contributed by atoms with Crippen LogP contribution in [0.1, 0.15) is 71.8 Å². The predicted molar refractivity (Wildman–Crippen MR) is 135 cm³/mol. The van der Waals surface area contributed by atoms with Gasteiger partial charge in [0.05, 0.1) is 6.04 Å². The predicted octanol–water partition coefficient (Wildman–Crippen LogP) is 5.44. The molecule has 1 N–H and O–H groups in total. The number of aryl methyl sites for hydroxylation is 1. The number of carbonyl (C=O) groups excluding carboxylic acids is 2. The van der Waals surface area contributed by atoms with Gasteiger partial charge in [-0.05, 0) is 60.2 Å². The van der Waals surface area contributed by atoms with Crippen molar-refractivity contribution in [3.8, 4) is 5.75 Å². The molecule has 35 heavy (non-hydrogen) atoms. The third-order valence-electron chi connectivity index (χ3n) is 6.26. The van der Waals surface area contributed by atoms with Crippen LogP contribution in [0.3, 0.4) is 0 Å². The van der Waals surface area contributed by atoms with E-state index < -0.39 is 0 Å². The summed E-state index contributed by atoms with van der Waals surface area (Å²) >= 11 is 0. The number of nitrogens with zero attached hydrogens (tertiary/aromatic N) is 1. The number of nitrogens with one attached hydrogen (secondary N) is 1. The van der Waals surface area contributed by atoms with Crippen LogP contribution in [0.2, 0.25) is 0 Å². The van der Waals surface area contributed by atoms with Crippen LogP contribution in [-0.4, -0.2) is 29.8 Å². The minimum atomic E-state index is -0.222. The molecule has 0 radical (unpaired) electrons. The van der Waals surface area contributed by atoms with E-state index in [0.29, 0.717) is 36.9 Å². The number of carbonyl (C=O) groups is 2. The Hall–Kier alpha value is -3.54. The standard InChI is InChI=1S/C29H34N2O4/c1-5-27(32)31-14-13-21-9-10-23(16-25(21)28(31)22-8-6-7-20(4)15-22)34-18-24-11-12-26(35-24)29(33)30-17-19(2)3/h6-12,15-16,19,28H,5,13-14,17-18H2,1-4H3,(H,30,33)/t28-/m0/s1. The van der Waals surface area contributed by atoms with Gasteiger partial charge in [-0.2, -0.15) is 0 Å². The number of rotatable bonds is 8. The number of amides is 2. The second-order valence-electron chi connectivity index (χ2n) is 9.53. The molecule has 0 bridgehead atoms. The van der Waals surface area contributed by atoms with Crippen molar-refractivity contribution in [3.05, 3.63) is 88.4 Å². The van der Waals surface area contributed by atoms with Crippen molar-refractivity contribution in [2.75, 3.05) is 13.1 Å². The summed E-state index contributed by atoms with van der Waals surface area (Å²) in [6.45, 7) is 9.57. The van der Waals surface area contributed by atoms with Crippen LogP contribution in [0.5, 0.6) is 5.75 Å². The van der Waals surface area contributed by atoms with E-state index in [2.05, 4.69) is 36.5 Å². The highest BCUT2D eigenvalue weighted by molar-refractivity contribution is 5.91. The zero-order chi connectivity index (χ0) is 24.9. The molecule has 0 saturated carbocycles. The van der Waals surface area contributed by atoms with Gasteiger partial charge in [0.15, 0.2) is 5.76 Å². The summed E-state index contributed by atoms with van der Waals surface area (Å²) in [5.74, 6) is 1.86. The highest BCUT2D eigenvalue weighted by Crippen LogP contribution is 2.38. The Morgan fingerprint density at radius 1 is 1.14 bits per heavy atom. The lowest BCUT2D eigenvalue weighted by atomic mass is 9.87. The first-order chi connectivity index (χ1) is 16.9. The molecular formula is C29H34N2O4. The smallest absolute Gasteiger partial charge is 0.287 e. The summed E-state index contributed by atoms with van der Waals surface area (Å²) < 4.78 is 11.7. The fourth-order valence-electron chi connectivity index (χ4n) is 4.47. The Bertz CT molecular complexity index is 1200. The van der Waals surface area contributed by atoms with Gasteiger partial charge in [-0.15, -0.1) is 0 Å². The highest BCUT2D eigenvalue weighted by Gasteiger charge is 2.31. The largest absolute Gasteiger partial charge is 0.486 e. The molecule has 1 aliphatic heterocycles. The van der Waals surface area contributed by atoms with Crippen molar-refractivity contribution in [3.63, 3.8) is 0 Å². The first kappa shape index (κ1) is 24.6. The SMILES string of the molecule is CCC(=O)N1CCc2ccc(OCc3ccc(C(=O)NCC(C)C)o3)cc2[C@@H]1c1cccc(C)c1. The van der Waals surface area contributed by atoms with Crippen molar-refractivity contribution >= 4 is 11.8 Å². The summed E-state index contributed by atoms with van der Waals surface area (Å²) in [6, 6.07) is 17.7. The van der Waals surface area contributed by atoms with Crippen molar-refractivity contribution in [1.82, 2.24) is 10.2 Å². The van der Waals surface area contributed by atoms with E-state index in [1.807, 2.05) is 43.9 Å². The van der Waals surface area contributed by atoms with Gasteiger partial charge < -0.3 is 19.4 Å². The Morgan fingerprint density at radius 2 is 1.97 bits per heavy atom. The fourth-order valence-corrected chi connectivity index (χ4v) is 4.47. The molecule has 0 spiro atoms. The molecular weight excluding hydrogens is 440 g/mol. The lowest BCUT2D eigenvalue weighted by molar-refractivity contribution is -0.132. The summed E-state index contributed by atoms with van der Waals surface area (Å²) in [6.07, 6.45) is 1.29. The van der Waals surface area contributed by atoms with Crippen LogP contribution in [0, 0.1) is 12.8 Å². The second-order valence-corrected chi connectivity index (χ2v) is 9.53. The van der Waals surface area contributed by atoms with Crippen molar-refractivity contribution in [2.24, 2.45) is 5.92 Å². The van der Waals surface area contributed by atoms with Gasteiger partial charge in [0.25, 0.3) is 5.91 Å². The van der Waals surface area contributed by atoms with Crippen LogP contribution in [0.15, 0.2) is 59.0 Å². The molecule has 0 aliphatic carbocycles. The minimum absolute atomic E-state index is 0.144. The lowest BCUT2D eigenvalue weighted by Crippen LogP contribution is -2.40. The number of fused-ring (bicyclic) bond motifs is 1. The van der Waals surface area contributed by atoms with Gasteiger partial charge in [-0.25, -0.2) is 0 Å². The molecule has 2 aromatic carbocycles. The molecule has 6 nitrogen and oxygen atoms in total. The van der Waals surface area contributed by atoms with Gasteiger partial charge >= 0.3 is 0 Å². The van der Waals surface area contributed by atoms with Gasteiger partial charge in [-0.3, -0.25) is 9.59 Å². The average Bonchev–Trinajstić information content (AvgIpc) is 3.34. The normalized spacial score (nSPS) is 15.1. The van der Waals surface area contributed by atoms with Crippen molar-refractivity contribution in [1.29, 1.82) is 0 Å². The zero-order valence-electron chi connectivity index (χ0n) is 21.0. The maximum absolute atomic E-state index is 12.8. The molecule has 3 aromatic rings. The molecule has 0 saturated heterocycles. The van der Waals surface area contributed by atoms with Crippen molar-refractivity contribution in [2.45, 2.75) is 53.2 Å². The topological polar surface area (TPSA) is 71.8 Å². The van der Waals surface area contributed by atoms with Gasteiger partial charge in [0.1, 0.15) is 18.1 Å². The molecule has 2 heterocycles. The number of ether oxygens (including phenoxy) is 1. The zero-order valence-corrected chi connectivity index (χ0v) is 21.0. The highest BCUT2D eigenvalue weighted by atomic mass is 16.5. The molecule has 0 fully saturated rings. The first-order valence-corrected chi connectivity index (χ1v) is 12.3. The Balaban J connectivity index is 1.54. The third kappa shape index (κ3) is 5.76. The van der Waals surface area contributed by atoms with E-state index in [0.717, 1.165) is 23.1 Å². The number of furan rings is 1. The summed E-state index contributed by atoms with van der Waals surface area (Å²) in [5.41, 5.74) is 4.59. The van der Waals surface area contributed by atoms with Gasteiger partial charge in [-0.1, -0.05) is 56.7 Å². The maximum atomic E-state index is 12.8. The van der Waals surface area contributed by atoms with Gasteiger partial charge in [0, 0.05) is 19.5 Å². The summed E-state index contributed by atoms with van der Waals surface area (Å²) in [4.78, 5) is 27.0. The molecule has 2 amide bonds. The van der Waals surface area contributed by atoms with E-state index >= 15 is 0 Å². The lowest BCUT2D eigenvalue weighted by Gasteiger charge is -2.38. The second kappa shape index (κ2) is 10.8. The Labute approximate surface area is 207 Å². The van der Waals surface area contributed by atoms with Gasteiger partial charge in [0.2, 0.25) is 5.91 Å². The number of hydrogen-bond acceptors (Lipinski definition) is 4. The van der Waals surface area contributed by atoms with E-state index in [4.69, 9.17) is 9.15 Å². The summed E-state index contributed by atoms with van der Waals surface area (Å²) in [5, 5.41) is 2.86. The van der Waals surface area contributed by atoms with Crippen LogP contribution in [0.4, 0.5) is 0 Å². The molecule has 1 atom stereocenters.